The molecule has 2 aromatic heterocycles. The molecule has 302 valence electrons. The fraction of sp³-hybridized carbons (Fsp3) is 0.605. The van der Waals surface area contributed by atoms with Crippen LogP contribution < -0.4 is 20.1 Å². The number of alkyl carbamates (subject to hydrolysis) is 1. The van der Waals surface area contributed by atoms with Crippen LogP contribution in [0.3, 0.4) is 0 Å². The number of hydrogen-bond acceptors (Lipinski definition) is 11. The van der Waals surface area contributed by atoms with Gasteiger partial charge in [-0.3, -0.25) is 23.5 Å². The minimum atomic E-state index is -4.00. The predicted octanol–water partition coefficient (Wildman–Crippen LogP) is 4.14. The molecule has 0 radical (unpaired) electrons. The predicted molar refractivity (Wildman–Crippen MR) is 207 cm³/mol. The van der Waals surface area contributed by atoms with Crippen molar-refractivity contribution in [2.24, 2.45) is 17.8 Å². The van der Waals surface area contributed by atoms with Crippen molar-refractivity contribution in [1.29, 1.82) is 0 Å². The number of benzene rings is 1. The van der Waals surface area contributed by atoms with Gasteiger partial charge in [-0.2, -0.15) is 4.98 Å². The zero-order valence-electron chi connectivity index (χ0n) is 32.1. The Hall–Kier alpha value is -4.80. The third-order valence-electron chi connectivity index (χ3n) is 11.3. The lowest BCUT2D eigenvalue weighted by Crippen LogP contribution is -2.59. The molecule has 3 aromatic rings. The lowest BCUT2D eigenvalue weighted by molar-refractivity contribution is -0.142. The number of carbonyl (C=O) groups excluding carboxylic acids is 4. The topological polar surface area (TPSA) is 203 Å². The van der Waals surface area contributed by atoms with Crippen LogP contribution in [-0.4, -0.2) is 97.3 Å². The van der Waals surface area contributed by atoms with Gasteiger partial charge >= 0.3 is 6.09 Å². The lowest BCUT2D eigenvalue weighted by Gasteiger charge is -2.33. The first-order chi connectivity index (χ1) is 25.9. The quantitative estimate of drug-likeness (QED) is 0.303. The van der Waals surface area contributed by atoms with Gasteiger partial charge in [-0.15, -0.1) is 10.2 Å². The Kier molecular flexibility index (Phi) is 9.83. The molecule has 16 nitrogen and oxygen atoms in total. The first-order valence-corrected chi connectivity index (χ1v) is 20.5. The molecule has 3 N–H and O–H groups in total. The monoisotopic (exact) mass is 784 g/mol. The first-order valence-electron chi connectivity index (χ1n) is 19.0. The van der Waals surface area contributed by atoms with Gasteiger partial charge in [-0.05, 0) is 90.2 Å². The number of carbonyl (C=O) groups is 4. The number of aromatic nitrogens is 4. The van der Waals surface area contributed by atoms with E-state index < -0.39 is 73.8 Å². The second-order valence-corrected chi connectivity index (χ2v) is 19.2. The van der Waals surface area contributed by atoms with Crippen molar-refractivity contribution >= 4 is 50.5 Å². The van der Waals surface area contributed by atoms with Gasteiger partial charge in [0.25, 0.3) is 11.7 Å². The number of allylic oxidation sites excluding steroid dienone is 1. The van der Waals surface area contributed by atoms with Gasteiger partial charge in [0, 0.05) is 16.6 Å². The summed E-state index contributed by atoms with van der Waals surface area (Å²) in [7, 11) is -4.00. The molecule has 0 unspecified atom stereocenters. The Balaban J connectivity index is 0.00000248. The van der Waals surface area contributed by atoms with Crippen LogP contribution in [0, 0.1) is 17.8 Å². The SMILES string of the molecule is C[C@H]1CC/C=C\[C@@H]2C[C@@]2(C(=O)NS(=O)(=O)C2(C)CC2)NC(=O)[C@@H]2C[C@@H](Oc3nc4nncn4c4ccccc34)CN2C(=O)[C@@H](NC(=O)OC(C)(C)C)[C@H](C)C1.[HH].[HH].[HH]. The molecule has 7 rings (SSSR count). The third kappa shape index (κ3) is 7.71. The molecule has 4 amide bonds. The van der Waals surface area contributed by atoms with Crippen molar-refractivity contribution in [2.75, 3.05) is 6.54 Å². The summed E-state index contributed by atoms with van der Waals surface area (Å²) in [5.74, 6) is -2.08. The van der Waals surface area contributed by atoms with E-state index in [9.17, 15) is 27.6 Å². The zero-order valence-corrected chi connectivity index (χ0v) is 32.9. The average molecular weight is 785 g/mol. The highest BCUT2D eigenvalue weighted by Crippen LogP contribution is 2.47. The summed E-state index contributed by atoms with van der Waals surface area (Å²) < 4.78 is 41.4. The Bertz CT molecular complexity index is 2180. The van der Waals surface area contributed by atoms with Gasteiger partial charge in [-0.25, -0.2) is 13.2 Å². The summed E-state index contributed by atoms with van der Waals surface area (Å²) in [6, 6.07) is 5.21. The Labute approximate surface area is 324 Å². The Morgan fingerprint density at radius 2 is 1.85 bits per heavy atom. The van der Waals surface area contributed by atoms with Crippen molar-refractivity contribution in [3.05, 3.63) is 42.7 Å². The van der Waals surface area contributed by atoms with E-state index in [1.54, 1.807) is 38.4 Å². The van der Waals surface area contributed by atoms with E-state index in [2.05, 4.69) is 37.5 Å². The average Bonchev–Trinajstić information content (AvgIpc) is 3.89. The molecule has 55 heavy (non-hydrogen) atoms. The van der Waals surface area contributed by atoms with Crippen LogP contribution in [0.5, 0.6) is 5.88 Å². The zero-order chi connectivity index (χ0) is 39.5. The maximum atomic E-state index is 14.8. The van der Waals surface area contributed by atoms with Gasteiger partial charge in [0.1, 0.15) is 35.7 Å². The van der Waals surface area contributed by atoms with Gasteiger partial charge in [0.2, 0.25) is 27.7 Å². The highest BCUT2D eigenvalue weighted by molar-refractivity contribution is 7.91. The summed E-state index contributed by atoms with van der Waals surface area (Å²) in [5, 5.41) is 14.5. The maximum Gasteiger partial charge on any atom is 0.408 e. The molecule has 4 heterocycles. The second kappa shape index (κ2) is 14.0. The standard InChI is InChI=1S/C38H50N8O8S.3H2/c1-22-11-7-8-12-24-19-38(24,33(49)44-55(51,52)37(6)15-16-37)42-30(47)28-18-25(53-31-26-13-9-10-14-27(26)46-21-39-43-34(46)41-31)20-45(28)32(48)29(23(2)17-22)40-35(50)54-36(3,4)5;;;/h8-10,12-14,21-25,28-29H,7,11,15-20H2,1-6H3,(H,40,50)(H,42,47)(H,44,49);3*1H/b12-8-;;;/t22-,23+,24+,25+,28-,29-,38+;;;/m0.../s1. The van der Waals surface area contributed by atoms with Crippen LogP contribution in [0.4, 0.5) is 4.79 Å². The van der Waals surface area contributed by atoms with Crippen LogP contribution in [0.2, 0.25) is 0 Å². The van der Waals surface area contributed by atoms with E-state index >= 15 is 0 Å². The number of sulfonamides is 1. The molecule has 1 saturated heterocycles. The minimum absolute atomic E-state index is 0. The lowest BCUT2D eigenvalue weighted by atomic mass is 9.88. The molecular weight excluding hydrogens is 729 g/mol. The molecule has 0 spiro atoms. The molecule has 7 atom stereocenters. The van der Waals surface area contributed by atoms with Crippen molar-refractivity contribution < 1.29 is 41.3 Å². The van der Waals surface area contributed by atoms with E-state index in [1.807, 2.05) is 43.3 Å². The van der Waals surface area contributed by atoms with Gasteiger partial charge in [-0.1, -0.05) is 38.1 Å². The molecule has 1 aromatic carbocycles. The first kappa shape index (κ1) is 38.5. The summed E-state index contributed by atoms with van der Waals surface area (Å²) in [6.45, 7) is 10.7. The molecule has 0 bridgehead atoms. The fourth-order valence-electron chi connectivity index (χ4n) is 7.77. The summed E-state index contributed by atoms with van der Waals surface area (Å²) in [6.07, 6.45) is 6.96. The molecule has 17 heteroatoms. The normalized spacial score (nSPS) is 30.3. The van der Waals surface area contributed by atoms with E-state index in [0.717, 1.165) is 11.9 Å². The molecule has 2 aliphatic heterocycles. The number of rotatable bonds is 6. The Morgan fingerprint density at radius 1 is 1.11 bits per heavy atom. The highest BCUT2D eigenvalue weighted by atomic mass is 32.2. The summed E-state index contributed by atoms with van der Waals surface area (Å²) in [5.41, 5.74) is -1.62. The highest BCUT2D eigenvalue weighted by Gasteiger charge is 2.63. The summed E-state index contributed by atoms with van der Waals surface area (Å²) >= 11 is 0. The van der Waals surface area contributed by atoms with Crippen LogP contribution in [0.25, 0.3) is 16.7 Å². The number of para-hydroxylation sites is 1. The van der Waals surface area contributed by atoms with Crippen molar-refractivity contribution in [3.63, 3.8) is 0 Å². The third-order valence-corrected chi connectivity index (χ3v) is 13.5. The molecule has 2 aliphatic carbocycles. The molecule has 2 saturated carbocycles. The molecule has 4 aliphatic rings. The number of ether oxygens (including phenoxy) is 2. The fourth-order valence-corrected chi connectivity index (χ4v) is 9.08. The van der Waals surface area contributed by atoms with Gasteiger partial charge in [0.15, 0.2) is 0 Å². The van der Waals surface area contributed by atoms with Crippen molar-refractivity contribution in [3.8, 4) is 5.88 Å². The van der Waals surface area contributed by atoms with Gasteiger partial charge in [0.05, 0.1) is 22.2 Å². The van der Waals surface area contributed by atoms with Crippen LogP contribution in [0.15, 0.2) is 42.7 Å². The number of nitrogens with zero attached hydrogens (tertiary/aromatic N) is 5. The number of nitrogens with one attached hydrogen (secondary N) is 3. The van der Waals surface area contributed by atoms with Crippen molar-refractivity contribution in [2.45, 2.75) is 121 Å². The molecule has 3 fully saturated rings. The van der Waals surface area contributed by atoms with Gasteiger partial charge < -0.3 is 25.0 Å². The minimum Gasteiger partial charge on any atom is -0.472 e. The van der Waals surface area contributed by atoms with Crippen LogP contribution in [-0.2, 0) is 29.1 Å². The van der Waals surface area contributed by atoms with E-state index in [0.29, 0.717) is 36.8 Å². The molecular formula is C38H56N8O8S. The van der Waals surface area contributed by atoms with Crippen molar-refractivity contribution in [1.82, 2.24) is 39.8 Å². The maximum absolute atomic E-state index is 14.8. The summed E-state index contributed by atoms with van der Waals surface area (Å²) in [4.78, 5) is 62.5. The number of hydrogen-bond donors (Lipinski definition) is 3. The van der Waals surface area contributed by atoms with E-state index in [-0.39, 0.29) is 41.4 Å². The van der Waals surface area contributed by atoms with Crippen LogP contribution in [0.1, 0.15) is 90.8 Å². The van der Waals surface area contributed by atoms with E-state index in [1.165, 1.54) is 4.90 Å². The Morgan fingerprint density at radius 3 is 2.58 bits per heavy atom. The van der Waals surface area contributed by atoms with E-state index in [4.69, 9.17) is 9.47 Å². The number of amides is 4. The second-order valence-electron chi connectivity index (χ2n) is 17.0. The number of fused-ring (bicyclic) bond motifs is 5. The largest absolute Gasteiger partial charge is 0.472 e. The van der Waals surface area contributed by atoms with Crippen LogP contribution >= 0.6 is 0 Å². The smallest absolute Gasteiger partial charge is 0.408 e.